The maximum atomic E-state index is 12.8. The largest absolute Gasteiger partial charge is 0.338 e. The summed E-state index contributed by atoms with van der Waals surface area (Å²) in [5.74, 6) is -0.300. The highest BCUT2D eigenvalue weighted by atomic mass is 32.2. The molecule has 1 aromatic carbocycles. The molecule has 1 fully saturated rings. The van der Waals surface area contributed by atoms with E-state index in [1.807, 2.05) is 34.6 Å². The molecule has 1 aliphatic rings. The quantitative estimate of drug-likeness (QED) is 0.779. The maximum absolute atomic E-state index is 12.8. The van der Waals surface area contributed by atoms with Gasteiger partial charge in [0.1, 0.15) is 5.54 Å². The SMILES string of the molecule is Cc1c(C)c(C)c(S(=O)(=O)NCCC(=O)NC2(C#N)CCCC2)c(C)c1C. The van der Waals surface area contributed by atoms with Gasteiger partial charge in [-0.1, -0.05) is 0 Å². The van der Waals surface area contributed by atoms with Crippen LogP contribution in [0.25, 0.3) is 0 Å². The fourth-order valence-corrected chi connectivity index (χ4v) is 5.44. The number of carbonyl (C=O) groups is 1. The van der Waals surface area contributed by atoms with E-state index in [1.54, 1.807) is 0 Å². The van der Waals surface area contributed by atoms with Crippen molar-refractivity contribution in [3.8, 4) is 6.07 Å². The molecule has 2 rings (SSSR count). The van der Waals surface area contributed by atoms with Crippen molar-refractivity contribution in [3.63, 3.8) is 0 Å². The summed E-state index contributed by atoms with van der Waals surface area (Å²) in [4.78, 5) is 12.5. The molecule has 6 nitrogen and oxygen atoms in total. The van der Waals surface area contributed by atoms with Crippen LogP contribution < -0.4 is 10.0 Å². The Labute approximate surface area is 162 Å². The number of amides is 1. The number of sulfonamides is 1. The lowest BCUT2D eigenvalue weighted by molar-refractivity contribution is -0.122. The molecule has 0 heterocycles. The lowest BCUT2D eigenvalue weighted by Crippen LogP contribution is -2.46. The number of nitriles is 1. The number of benzene rings is 1. The zero-order valence-corrected chi connectivity index (χ0v) is 17.6. The minimum Gasteiger partial charge on any atom is -0.338 e. The van der Waals surface area contributed by atoms with Crippen LogP contribution in [0.15, 0.2) is 4.90 Å². The first-order valence-electron chi connectivity index (χ1n) is 9.33. The highest BCUT2D eigenvalue weighted by molar-refractivity contribution is 7.89. The Kier molecular flexibility index (Phi) is 6.33. The third kappa shape index (κ3) is 4.33. The van der Waals surface area contributed by atoms with Crippen molar-refractivity contribution in [2.24, 2.45) is 0 Å². The van der Waals surface area contributed by atoms with Gasteiger partial charge in [0, 0.05) is 13.0 Å². The van der Waals surface area contributed by atoms with Crippen LogP contribution in [0.5, 0.6) is 0 Å². The van der Waals surface area contributed by atoms with E-state index in [4.69, 9.17) is 0 Å². The number of carbonyl (C=O) groups excluding carboxylic acids is 1. The van der Waals surface area contributed by atoms with Crippen molar-refractivity contribution in [1.29, 1.82) is 5.26 Å². The van der Waals surface area contributed by atoms with E-state index in [0.29, 0.717) is 17.7 Å². The second-order valence-corrected chi connectivity index (χ2v) is 9.25. The van der Waals surface area contributed by atoms with Gasteiger partial charge in [-0.3, -0.25) is 4.79 Å². The van der Waals surface area contributed by atoms with Crippen molar-refractivity contribution >= 4 is 15.9 Å². The molecule has 1 saturated carbocycles. The number of nitrogens with zero attached hydrogens (tertiary/aromatic N) is 1. The number of nitrogens with one attached hydrogen (secondary N) is 2. The van der Waals surface area contributed by atoms with Gasteiger partial charge in [0.2, 0.25) is 15.9 Å². The van der Waals surface area contributed by atoms with Crippen molar-refractivity contribution < 1.29 is 13.2 Å². The van der Waals surface area contributed by atoms with E-state index >= 15 is 0 Å². The molecule has 27 heavy (non-hydrogen) atoms. The normalized spacial score (nSPS) is 16.1. The summed E-state index contributed by atoms with van der Waals surface area (Å²) in [6.45, 7) is 9.46. The third-order valence-electron chi connectivity index (χ3n) is 5.89. The van der Waals surface area contributed by atoms with Crippen molar-refractivity contribution in [3.05, 3.63) is 27.8 Å². The molecule has 7 heteroatoms. The lowest BCUT2D eigenvalue weighted by atomic mass is 9.95. The monoisotopic (exact) mass is 391 g/mol. The van der Waals surface area contributed by atoms with E-state index in [1.165, 1.54) is 0 Å². The van der Waals surface area contributed by atoms with Crippen LogP contribution >= 0.6 is 0 Å². The van der Waals surface area contributed by atoms with Gasteiger partial charge in [0.25, 0.3) is 0 Å². The molecule has 0 bridgehead atoms. The molecule has 0 radical (unpaired) electrons. The molecular weight excluding hydrogens is 362 g/mol. The summed E-state index contributed by atoms with van der Waals surface area (Å²) in [7, 11) is -3.72. The molecule has 0 unspecified atom stereocenters. The van der Waals surface area contributed by atoms with E-state index in [2.05, 4.69) is 16.1 Å². The minimum atomic E-state index is -3.72. The predicted octanol–water partition coefficient (Wildman–Crippen LogP) is 2.85. The maximum Gasteiger partial charge on any atom is 0.241 e. The summed E-state index contributed by atoms with van der Waals surface area (Å²) in [6, 6.07) is 2.20. The van der Waals surface area contributed by atoms with E-state index in [9.17, 15) is 18.5 Å². The Morgan fingerprint density at radius 3 is 1.96 bits per heavy atom. The molecule has 0 atom stereocenters. The average molecular weight is 392 g/mol. The molecular formula is C20H29N3O3S. The van der Waals surface area contributed by atoms with E-state index in [0.717, 1.165) is 40.7 Å². The Balaban J connectivity index is 2.08. The molecule has 0 spiro atoms. The minimum absolute atomic E-state index is 0.000523. The summed E-state index contributed by atoms with van der Waals surface area (Å²) < 4.78 is 28.2. The Bertz CT molecular complexity index is 863. The molecule has 0 aliphatic heterocycles. The van der Waals surface area contributed by atoms with Crippen LogP contribution in [0, 0.1) is 45.9 Å². The van der Waals surface area contributed by atoms with Crippen molar-refractivity contribution in [2.75, 3.05) is 6.54 Å². The molecule has 148 valence electrons. The molecule has 0 aromatic heterocycles. The van der Waals surface area contributed by atoms with Gasteiger partial charge in [-0.05, 0) is 88.1 Å². The standard InChI is InChI=1S/C20H29N3O3S/c1-13-14(2)16(4)19(17(5)15(13)3)27(25,26)22-11-8-18(24)23-20(12-21)9-6-7-10-20/h22H,6-11H2,1-5H3,(H,23,24). The van der Waals surface area contributed by atoms with Gasteiger partial charge in [-0.15, -0.1) is 0 Å². The third-order valence-corrected chi connectivity index (χ3v) is 7.63. The highest BCUT2D eigenvalue weighted by Gasteiger charge is 2.35. The first kappa shape index (κ1) is 21.4. The zero-order valence-electron chi connectivity index (χ0n) is 16.8. The smallest absolute Gasteiger partial charge is 0.241 e. The Morgan fingerprint density at radius 1 is 1.00 bits per heavy atom. The summed E-state index contributed by atoms with van der Waals surface area (Å²) in [5.41, 5.74) is 3.72. The van der Waals surface area contributed by atoms with Crippen LogP contribution in [-0.2, 0) is 14.8 Å². The highest BCUT2D eigenvalue weighted by Crippen LogP contribution is 2.30. The number of rotatable bonds is 6. The topological polar surface area (TPSA) is 99.1 Å². The van der Waals surface area contributed by atoms with Crippen LogP contribution in [0.2, 0.25) is 0 Å². The molecule has 0 saturated heterocycles. The Morgan fingerprint density at radius 2 is 1.48 bits per heavy atom. The molecule has 2 N–H and O–H groups in total. The zero-order chi connectivity index (χ0) is 20.4. The fourth-order valence-electron chi connectivity index (χ4n) is 3.81. The predicted molar refractivity (Wildman–Crippen MR) is 105 cm³/mol. The second-order valence-electron chi connectivity index (χ2n) is 7.55. The van der Waals surface area contributed by atoms with Gasteiger partial charge >= 0.3 is 0 Å². The summed E-state index contributed by atoms with van der Waals surface area (Å²) >= 11 is 0. The fraction of sp³-hybridized carbons (Fsp3) is 0.600. The molecule has 1 aliphatic carbocycles. The molecule has 1 amide bonds. The lowest BCUT2D eigenvalue weighted by Gasteiger charge is -2.22. The van der Waals surface area contributed by atoms with Crippen molar-refractivity contribution in [1.82, 2.24) is 10.0 Å². The van der Waals surface area contributed by atoms with Crippen LogP contribution in [-0.4, -0.2) is 26.4 Å². The number of hydrogen-bond donors (Lipinski definition) is 2. The van der Waals surface area contributed by atoms with Gasteiger partial charge < -0.3 is 5.32 Å². The van der Waals surface area contributed by atoms with Gasteiger partial charge in [-0.2, -0.15) is 5.26 Å². The molecule has 1 aromatic rings. The second kappa shape index (κ2) is 7.99. The first-order chi connectivity index (χ1) is 12.5. The van der Waals surface area contributed by atoms with Crippen LogP contribution in [0.1, 0.15) is 59.9 Å². The van der Waals surface area contributed by atoms with Gasteiger partial charge in [-0.25, -0.2) is 13.1 Å². The summed E-state index contributed by atoms with van der Waals surface area (Å²) in [5, 5.41) is 12.1. The summed E-state index contributed by atoms with van der Waals surface area (Å²) in [6.07, 6.45) is 3.16. The van der Waals surface area contributed by atoms with E-state index in [-0.39, 0.29) is 18.9 Å². The van der Waals surface area contributed by atoms with Gasteiger partial charge in [0.05, 0.1) is 11.0 Å². The van der Waals surface area contributed by atoms with Crippen molar-refractivity contribution in [2.45, 2.75) is 77.2 Å². The van der Waals surface area contributed by atoms with E-state index < -0.39 is 15.6 Å². The first-order valence-corrected chi connectivity index (χ1v) is 10.8. The Hall–Kier alpha value is -1.91. The average Bonchev–Trinajstić information content (AvgIpc) is 3.07. The van der Waals surface area contributed by atoms with Gasteiger partial charge in [0.15, 0.2) is 0 Å². The number of hydrogen-bond acceptors (Lipinski definition) is 4. The van der Waals surface area contributed by atoms with Crippen LogP contribution in [0.3, 0.4) is 0 Å². The van der Waals surface area contributed by atoms with Crippen LogP contribution in [0.4, 0.5) is 0 Å².